The van der Waals surface area contributed by atoms with E-state index in [1.807, 2.05) is 24.3 Å². The van der Waals surface area contributed by atoms with E-state index in [9.17, 15) is 14.0 Å². The van der Waals surface area contributed by atoms with Crippen molar-refractivity contribution in [2.75, 3.05) is 13.7 Å². The molecule has 140 valence electrons. The van der Waals surface area contributed by atoms with Gasteiger partial charge in [-0.05, 0) is 35.8 Å². The third kappa shape index (κ3) is 7.44. The lowest BCUT2D eigenvalue weighted by molar-refractivity contribution is -0.129. The van der Waals surface area contributed by atoms with Crippen LogP contribution in [0, 0.1) is 0 Å². The maximum Gasteiger partial charge on any atom is 0.245 e. The van der Waals surface area contributed by atoms with Gasteiger partial charge in [-0.1, -0.05) is 36.9 Å². The Hall–Kier alpha value is -2.73. The van der Waals surface area contributed by atoms with Crippen molar-refractivity contribution in [3.8, 4) is 0 Å². The summed E-state index contributed by atoms with van der Waals surface area (Å²) >= 11 is 0. The zero-order valence-corrected chi connectivity index (χ0v) is 15.3. The highest BCUT2D eigenvalue weighted by Gasteiger charge is 2.18. The van der Waals surface area contributed by atoms with Crippen LogP contribution in [0.15, 0.2) is 54.9 Å². The second-order valence-electron chi connectivity index (χ2n) is 5.68. The normalized spacial score (nSPS) is 12.7. The number of allylic oxidation sites excluding steroid dienone is 5. The van der Waals surface area contributed by atoms with E-state index in [0.717, 1.165) is 11.1 Å². The molecule has 0 aliphatic rings. The first kappa shape index (κ1) is 21.3. The molecule has 0 heterocycles. The molecule has 1 aromatic rings. The number of amides is 2. The Morgan fingerprint density at radius 1 is 1.31 bits per heavy atom. The van der Waals surface area contributed by atoms with Crippen molar-refractivity contribution in [2.45, 2.75) is 26.4 Å². The molecule has 5 nitrogen and oxygen atoms in total. The van der Waals surface area contributed by atoms with Gasteiger partial charge in [0.15, 0.2) is 0 Å². The monoisotopic (exact) mass is 360 g/mol. The molecule has 1 atom stereocenters. The van der Waals surface area contributed by atoms with Gasteiger partial charge >= 0.3 is 0 Å². The van der Waals surface area contributed by atoms with Crippen molar-refractivity contribution in [3.05, 3.63) is 66.0 Å². The van der Waals surface area contributed by atoms with Crippen LogP contribution in [0.25, 0.3) is 5.57 Å². The Balaban J connectivity index is 2.66. The number of halogens is 1. The van der Waals surface area contributed by atoms with Gasteiger partial charge in [-0.15, -0.1) is 0 Å². The van der Waals surface area contributed by atoms with E-state index in [0.29, 0.717) is 12.1 Å². The van der Waals surface area contributed by atoms with E-state index in [1.165, 1.54) is 26.2 Å². The largest absolute Gasteiger partial charge is 0.382 e. The minimum Gasteiger partial charge on any atom is -0.382 e. The third-order valence-electron chi connectivity index (χ3n) is 3.46. The van der Waals surface area contributed by atoms with Gasteiger partial charge in [0, 0.05) is 20.6 Å². The Bertz CT molecular complexity index is 694. The second kappa shape index (κ2) is 11.0. The van der Waals surface area contributed by atoms with Crippen LogP contribution in [0.1, 0.15) is 25.0 Å². The molecule has 1 aromatic carbocycles. The molecule has 2 N–H and O–H groups in total. The average Bonchev–Trinajstić information content (AvgIpc) is 2.59. The molecule has 0 radical (unpaired) electrons. The molecule has 1 unspecified atom stereocenters. The van der Waals surface area contributed by atoms with Crippen LogP contribution in [0.5, 0.6) is 0 Å². The molecule has 0 bridgehead atoms. The topological polar surface area (TPSA) is 67.4 Å². The second-order valence-corrected chi connectivity index (χ2v) is 5.68. The summed E-state index contributed by atoms with van der Waals surface area (Å²) in [7, 11) is 1.46. The molecule has 1 rings (SSSR count). The van der Waals surface area contributed by atoms with Gasteiger partial charge in [-0.2, -0.15) is 0 Å². The molecule has 0 saturated heterocycles. The number of hydrogen-bond donors (Lipinski definition) is 2. The van der Waals surface area contributed by atoms with Gasteiger partial charge in [-0.3, -0.25) is 9.59 Å². The molecular weight excluding hydrogens is 335 g/mol. The molecular formula is C20H25FN2O3. The smallest absolute Gasteiger partial charge is 0.245 e. The first-order valence-electron chi connectivity index (χ1n) is 8.19. The van der Waals surface area contributed by atoms with E-state index in [-0.39, 0.29) is 24.2 Å². The number of nitrogens with one attached hydrogen (secondary N) is 2. The lowest BCUT2D eigenvalue weighted by Gasteiger charge is -2.16. The van der Waals surface area contributed by atoms with E-state index in [4.69, 9.17) is 4.74 Å². The number of ether oxygens (including phenoxy) is 1. The summed E-state index contributed by atoms with van der Waals surface area (Å²) in [6.07, 6.45) is 4.34. The highest BCUT2D eigenvalue weighted by atomic mass is 19.1. The quantitative estimate of drug-likeness (QED) is 0.666. The van der Waals surface area contributed by atoms with E-state index < -0.39 is 6.04 Å². The van der Waals surface area contributed by atoms with E-state index in [1.54, 1.807) is 13.0 Å². The van der Waals surface area contributed by atoms with Crippen LogP contribution in [-0.4, -0.2) is 31.6 Å². The van der Waals surface area contributed by atoms with E-state index in [2.05, 4.69) is 17.2 Å². The van der Waals surface area contributed by atoms with E-state index >= 15 is 0 Å². The molecule has 0 aliphatic heterocycles. The fraction of sp³-hybridized carbons (Fsp3) is 0.300. The third-order valence-corrected chi connectivity index (χ3v) is 3.46. The van der Waals surface area contributed by atoms with Gasteiger partial charge in [0.1, 0.15) is 11.9 Å². The Morgan fingerprint density at radius 2 is 1.96 bits per heavy atom. The summed E-state index contributed by atoms with van der Waals surface area (Å²) in [5, 5.41) is 5.28. The summed E-state index contributed by atoms with van der Waals surface area (Å²) in [6, 6.07) is 6.53. The first-order chi connectivity index (χ1) is 12.4. The number of hydrogen-bond acceptors (Lipinski definition) is 3. The highest BCUT2D eigenvalue weighted by molar-refractivity contribution is 5.86. The summed E-state index contributed by atoms with van der Waals surface area (Å²) in [5.41, 5.74) is 2.21. The molecule has 6 heteroatoms. The fourth-order valence-corrected chi connectivity index (χ4v) is 2.20. The summed E-state index contributed by atoms with van der Waals surface area (Å²) < 4.78 is 18.4. The molecule has 0 aromatic heterocycles. The van der Waals surface area contributed by atoms with Gasteiger partial charge in [0.05, 0.1) is 6.61 Å². The van der Waals surface area contributed by atoms with Crippen LogP contribution in [0.4, 0.5) is 4.39 Å². The average molecular weight is 360 g/mol. The zero-order chi connectivity index (χ0) is 19.5. The minimum absolute atomic E-state index is 0.0915. The van der Waals surface area contributed by atoms with Crippen molar-refractivity contribution < 1.29 is 18.7 Å². The molecule has 0 spiro atoms. The van der Waals surface area contributed by atoms with Crippen LogP contribution < -0.4 is 10.6 Å². The highest BCUT2D eigenvalue weighted by Crippen LogP contribution is 2.17. The lowest BCUT2D eigenvalue weighted by atomic mass is 10.0. The predicted octanol–water partition coefficient (Wildman–Crippen LogP) is 2.90. The number of carbonyl (C=O) groups excluding carboxylic acids is 2. The summed E-state index contributed by atoms with van der Waals surface area (Å²) in [4.78, 5) is 23.3. The fourth-order valence-electron chi connectivity index (χ4n) is 2.20. The van der Waals surface area contributed by atoms with Crippen molar-refractivity contribution in [2.24, 2.45) is 0 Å². The Morgan fingerprint density at radius 3 is 2.50 bits per heavy atom. The van der Waals surface area contributed by atoms with Gasteiger partial charge in [0.25, 0.3) is 0 Å². The lowest BCUT2D eigenvalue weighted by Crippen LogP contribution is -2.48. The van der Waals surface area contributed by atoms with Crippen LogP contribution in [0.2, 0.25) is 0 Å². The van der Waals surface area contributed by atoms with Crippen molar-refractivity contribution in [1.82, 2.24) is 10.6 Å². The number of rotatable bonds is 9. The molecule has 26 heavy (non-hydrogen) atoms. The van der Waals surface area contributed by atoms with Crippen molar-refractivity contribution in [1.29, 1.82) is 0 Å². The first-order valence-corrected chi connectivity index (χ1v) is 8.19. The van der Waals surface area contributed by atoms with Crippen LogP contribution in [-0.2, 0) is 20.9 Å². The maximum atomic E-state index is 13.5. The Kier molecular flexibility index (Phi) is 9.01. The van der Waals surface area contributed by atoms with Gasteiger partial charge < -0.3 is 15.4 Å². The molecule has 0 fully saturated rings. The summed E-state index contributed by atoms with van der Waals surface area (Å²) in [6.45, 7) is 7.32. The molecule has 0 saturated carbocycles. The summed E-state index contributed by atoms with van der Waals surface area (Å²) in [5.74, 6) is -0.994. The predicted molar refractivity (Wildman–Crippen MR) is 101 cm³/mol. The van der Waals surface area contributed by atoms with Crippen LogP contribution in [0.3, 0.4) is 0 Å². The molecule has 0 aliphatic carbocycles. The number of carbonyl (C=O) groups is 2. The standard InChI is InChI=1S/C20H25FN2O3/c1-5-6-18(21)11-14(2)17-9-7-16(8-10-17)12-22-20(25)19(13-26-4)23-15(3)24/h5-11,19H,2,12-13H2,1,3-4H3,(H,22,25)(H,23,24). The molecule has 2 amide bonds. The SMILES string of the molecule is C=C(C=C(F)C=CC)c1ccc(CNC(=O)C(COC)NC(C)=O)cc1. The van der Waals surface area contributed by atoms with Crippen molar-refractivity contribution in [3.63, 3.8) is 0 Å². The maximum absolute atomic E-state index is 13.5. The van der Waals surface area contributed by atoms with Crippen molar-refractivity contribution >= 4 is 17.4 Å². The zero-order valence-electron chi connectivity index (χ0n) is 15.3. The minimum atomic E-state index is -0.740. The number of methoxy groups -OCH3 is 1. The van der Waals surface area contributed by atoms with Crippen LogP contribution >= 0.6 is 0 Å². The van der Waals surface area contributed by atoms with Gasteiger partial charge in [-0.25, -0.2) is 4.39 Å². The van der Waals surface area contributed by atoms with Gasteiger partial charge in [0.2, 0.25) is 11.8 Å². The Labute approximate surface area is 153 Å². The number of benzene rings is 1.